The third-order valence-corrected chi connectivity index (χ3v) is 5.07. The van der Waals surface area contributed by atoms with Crippen LogP contribution in [0.3, 0.4) is 0 Å². The van der Waals surface area contributed by atoms with Crippen molar-refractivity contribution in [2.75, 3.05) is 7.11 Å². The fourth-order valence-electron chi connectivity index (χ4n) is 3.54. The number of nitrogens with zero attached hydrogens (tertiary/aromatic N) is 2. The van der Waals surface area contributed by atoms with E-state index in [1.807, 2.05) is 62.4 Å². The zero-order valence-electron chi connectivity index (χ0n) is 19.1. The number of carbonyl (C=O) groups is 1. The van der Waals surface area contributed by atoms with Crippen molar-refractivity contribution in [1.82, 2.24) is 10.4 Å². The van der Waals surface area contributed by atoms with Crippen LogP contribution < -0.4 is 14.9 Å². The van der Waals surface area contributed by atoms with Crippen LogP contribution in [0, 0.1) is 0 Å². The second kappa shape index (κ2) is 10.0. The fraction of sp³-hybridized carbons (Fsp3) is 0.148. The molecular formula is C27H25N3O4. The van der Waals surface area contributed by atoms with Crippen molar-refractivity contribution in [1.29, 1.82) is 0 Å². The maximum atomic E-state index is 13.1. The molecule has 172 valence electrons. The Bertz CT molecular complexity index is 1370. The van der Waals surface area contributed by atoms with Crippen LogP contribution in [0.2, 0.25) is 0 Å². The van der Waals surface area contributed by atoms with Crippen LogP contribution >= 0.6 is 0 Å². The molecule has 0 aliphatic rings. The molecule has 0 spiro atoms. The van der Waals surface area contributed by atoms with Crippen LogP contribution in [-0.4, -0.2) is 35.4 Å². The highest BCUT2D eigenvalue weighted by molar-refractivity contribution is 6.07. The second-order valence-electron chi connectivity index (χ2n) is 7.87. The van der Waals surface area contributed by atoms with Crippen LogP contribution in [-0.2, 0) is 0 Å². The SMILES string of the molecule is COc1cc(/C=N/NC(=O)c2cc(-c3ccccc3OC(C)C)nc3ccccc23)ccc1O. The summed E-state index contributed by atoms with van der Waals surface area (Å²) in [4.78, 5) is 17.9. The molecule has 34 heavy (non-hydrogen) atoms. The van der Waals surface area contributed by atoms with E-state index >= 15 is 0 Å². The number of ether oxygens (including phenoxy) is 2. The highest BCUT2D eigenvalue weighted by Crippen LogP contribution is 2.32. The van der Waals surface area contributed by atoms with Crippen LogP contribution in [0.1, 0.15) is 29.8 Å². The number of benzene rings is 3. The van der Waals surface area contributed by atoms with Gasteiger partial charge >= 0.3 is 0 Å². The number of aromatic hydroxyl groups is 1. The molecule has 0 fully saturated rings. The van der Waals surface area contributed by atoms with Crippen molar-refractivity contribution < 1.29 is 19.4 Å². The molecule has 0 atom stereocenters. The quantitative estimate of drug-likeness (QED) is 0.296. The summed E-state index contributed by atoms with van der Waals surface area (Å²) in [6.45, 7) is 3.93. The Kier molecular flexibility index (Phi) is 6.73. The molecule has 0 aliphatic heterocycles. The minimum atomic E-state index is -0.371. The minimum Gasteiger partial charge on any atom is -0.504 e. The van der Waals surface area contributed by atoms with E-state index in [0.29, 0.717) is 39.2 Å². The lowest BCUT2D eigenvalue weighted by Crippen LogP contribution is -2.18. The zero-order chi connectivity index (χ0) is 24.1. The van der Waals surface area contributed by atoms with Gasteiger partial charge in [0.25, 0.3) is 5.91 Å². The highest BCUT2D eigenvalue weighted by Gasteiger charge is 2.16. The average Bonchev–Trinajstić information content (AvgIpc) is 2.84. The van der Waals surface area contributed by atoms with E-state index in [1.165, 1.54) is 19.4 Å². The second-order valence-corrected chi connectivity index (χ2v) is 7.87. The summed E-state index contributed by atoms with van der Waals surface area (Å²) in [6, 6.07) is 21.6. The van der Waals surface area contributed by atoms with E-state index in [2.05, 4.69) is 10.5 Å². The average molecular weight is 456 g/mol. The van der Waals surface area contributed by atoms with Gasteiger partial charge in [-0.25, -0.2) is 10.4 Å². The maximum absolute atomic E-state index is 13.1. The third kappa shape index (κ3) is 4.99. The van der Waals surface area contributed by atoms with Gasteiger partial charge in [-0.2, -0.15) is 5.10 Å². The summed E-state index contributed by atoms with van der Waals surface area (Å²) in [6.07, 6.45) is 1.48. The van der Waals surface area contributed by atoms with Crippen LogP contribution in [0.25, 0.3) is 22.2 Å². The van der Waals surface area contributed by atoms with Crippen LogP contribution in [0.15, 0.2) is 77.9 Å². The van der Waals surface area contributed by atoms with Crippen molar-refractivity contribution >= 4 is 23.0 Å². The van der Waals surface area contributed by atoms with Gasteiger partial charge in [0.1, 0.15) is 5.75 Å². The number of para-hydroxylation sites is 2. The van der Waals surface area contributed by atoms with Gasteiger partial charge in [0.15, 0.2) is 11.5 Å². The van der Waals surface area contributed by atoms with Crippen molar-refractivity contribution in [3.63, 3.8) is 0 Å². The molecule has 0 saturated carbocycles. The number of nitrogens with one attached hydrogen (secondary N) is 1. The zero-order valence-corrected chi connectivity index (χ0v) is 19.1. The van der Waals surface area contributed by atoms with Crippen molar-refractivity contribution in [3.8, 4) is 28.5 Å². The molecular weight excluding hydrogens is 430 g/mol. The smallest absolute Gasteiger partial charge is 0.272 e. The fourth-order valence-corrected chi connectivity index (χ4v) is 3.54. The van der Waals surface area contributed by atoms with E-state index < -0.39 is 0 Å². The first-order chi connectivity index (χ1) is 16.5. The Morgan fingerprint density at radius 3 is 2.59 bits per heavy atom. The molecule has 4 aromatic rings. The number of phenols is 1. The topological polar surface area (TPSA) is 93.0 Å². The largest absolute Gasteiger partial charge is 0.504 e. The van der Waals surface area contributed by atoms with E-state index in [-0.39, 0.29) is 17.8 Å². The number of hydrogen-bond acceptors (Lipinski definition) is 6. The van der Waals surface area contributed by atoms with Crippen LogP contribution in [0.4, 0.5) is 0 Å². The maximum Gasteiger partial charge on any atom is 0.272 e. The van der Waals surface area contributed by atoms with Gasteiger partial charge in [0.05, 0.1) is 36.2 Å². The Hall–Kier alpha value is -4.39. The van der Waals surface area contributed by atoms with Gasteiger partial charge in [-0.15, -0.1) is 0 Å². The Balaban J connectivity index is 1.68. The molecule has 0 unspecified atom stereocenters. The molecule has 0 bridgehead atoms. The van der Waals surface area contributed by atoms with Gasteiger partial charge in [-0.3, -0.25) is 4.79 Å². The van der Waals surface area contributed by atoms with E-state index in [0.717, 1.165) is 5.56 Å². The van der Waals surface area contributed by atoms with Gasteiger partial charge in [-0.05, 0) is 61.9 Å². The predicted octanol–water partition coefficient (Wildman–Crippen LogP) is 5.17. The number of pyridine rings is 1. The summed E-state index contributed by atoms with van der Waals surface area (Å²) in [5.41, 5.74) is 5.82. The normalized spacial score (nSPS) is 11.2. The lowest BCUT2D eigenvalue weighted by Gasteiger charge is -2.15. The standard InChI is InChI=1S/C27H25N3O4/c1-17(2)34-25-11-7-5-9-20(25)23-15-21(19-8-4-6-10-22(19)29-23)27(32)30-28-16-18-12-13-24(31)26(14-18)33-3/h4-17,31H,1-3H3,(H,30,32)/b28-16+. The van der Waals surface area contributed by atoms with Crippen LogP contribution in [0.5, 0.6) is 17.2 Å². The molecule has 1 amide bonds. The molecule has 4 rings (SSSR count). The molecule has 3 aromatic carbocycles. The first kappa shape index (κ1) is 22.8. The summed E-state index contributed by atoms with van der Waals surface area (Å²) >= 11 is 0. The van der Waals surface area contributed by atoms with Crippen molar-refractivity contribution in [3.05, 3.63) is 83.9 Å². The predicted molar refractivity (Wildman–Crippen MR) is 133 cm³/mol. The third-order valence-electron chi connectivity index (χ3n) is 5.07. The van der Waals surface area contributed by atoms with Gasteiger partial charge < -0.3 is 14.6 Å². The summed E-state index contributed by atoms with van der Waals surface area (Å²) in [5.74, 6) is 0.679. The number of amides is 1. The van der Waals surface area contributed by atoms with Crippen molar-refractivity contribution in [2.24, 2.45) is 5.10 Å². The minimum absolute atomic E-state index is 0.00256. The number of rotatable bonds is 7. The lowest BCUT2D eigenvalue weighted by molar-refractivity contribution is 0.0956. The highest BCUT2D eigenvalue weighted by atomic mass is 16.5. The van der Waals surface area contributed by atoms with Crippen molar-refractivity contribution in [2.45, 2.75) is 20.0 Å². The first-order valence-corrected chi connectivity index (χ1v) is 10.8. The monoisotopic (exact) mass is 455 g/mol. The number of aromatic nitrogens is 1. The van der Waals surface area contributed by atoms with E-state index in [1.54, 1.807) is 18.2 Å². The molecule has 0 aliphatic carbocycles. The Labute approximate surface area is 197 Å². The van der Waals surface area contributed by atoms with Gasteiger partial charge in [0.2, 0.25) is 0 Å². The molecule has 2 N–H and O–H groups in total. The number of fused-ring (bicyclic) bond motifs is 1. The molecule has 1 heterocycles. The first-order valence-electron chi connectivity index (χ1n) is 10.8. The van der Waals surface area contributed by atoms with Gasteiger partial charge in [-0.1, -0.05) is 30.3 Å². The molecule has 7 heteroatoms. The number of hydrazone groups is 1. The molecule has 1 aromatic heterocycles. The molecule has 0 radical (unpaired) electrons. The van der Waals surface area contributed by atoms with E-state index in [4.69, 9.17) is 14.5 Å². The summed E-state index contributed by atoms with van der Waals surface area (Å²) in [7, 11) is 1.47. The lowest BCUT2D eigenvalue weighted by atomic mass is 10.0. The Morgan fingerprint density at radius 2 is 1.79 bits per heavy atom. The number of methoxy groups -OCH3 is 1. The molecule has 7 nitrogen and oxygen atoms in total. The van der Waals surface area contributed by atoms with Gasteiger partial charge in [0, 0.05) is 10.9 Å². The summed E-state index contributed by atoms with van der Waals surface area (Å²) in [5, 5.41) is 14.5. The number of phenolic OH excluding ortho intramolecular Hbond substituents is 1. The number of carbonyl (C=O) groups excluding carboxylic acids is 1. The van der Waals surface area contributed by atoms with E-state index in [9.17, 15) is 9.90 Å². The summed E-state index contributed by atoms with van der Waals surface area (Å²) < 4.78 is 11.1. The number of hydrogen-bond donors (Lipinski definition) is 2. The molecule has 0 saturated heterocycles. The Morgan fingerprint density at radius 1 is 1.03 bits per heavy atom.